The minimum atomic E-state index is 0.779. The average molecular weight is 381 g/mol. The van der Waals surface area contributed by atoms with Crippen LogP contribution in [0.2, 0.25) is 0 Å². The van der Waals surface area contributed by atoms with E-state index in [4.69, 9.17) is 15.0 Å². The van der Waals surface area contributed by atoms with Crippen molar-refractivity contribution in [2.24, 2.45) is 0 Å². The van der Waals surface area contributed by atoms with Crippen LogP contribution < -0.4 is 0 Å². The van der Waals surface area contributed by atoms with Gasteiger partial charge in [0.05, 0.1) is 22.1 Å². The van der Waals surface area contributed by atoms with Crippen LogP contribution in [0.25, 0.3) is 45.1 Å². The molecular formula is C24H23N5. The molecule has 0 saturated carbocycles. The Labute approximate surface area is 169 Å². The molecule has 0 saturated heterocycles. The second-order valence-corrected chi connectivity index (χ2v) is 7.29. The van der Waals surface area contributed by atoms with Gasteiger partial charge in [0.15, 0.2) is 11.6 Å². The lowest BCUT2D eigenvalue weighted by atomic mass is 10.2. The molecule has 5 heteroatoms. The van der Waals surface area contributed by atoms with Gasteiger partial charge in [0.2, 0.25) is 0 Å². The normalized spacial score (nSPS) is 11.5. The highest BCUT2D eigenvalue weighted by molar-refractivity contribution is 5.81. The van der Waals surface area contributed by atoms with Gasteiger partial charge in [-0.2, -0.15) is 0 Å². The second-order valence-electron chi connectivity index (χ2n) is 7.29. The quantitative estimate of drug-likeness (QED) is 0.376. The number of unbranched alkanes of at least 4 members (excludes halogenated alkanes) is 2. The fourth-order valence-electron chi connectivity index (χ4n) is 3.78. The largest absolute Gasteiger partial charge is 0.337 e. The number of aromatic nitrogens is 5. The zero-order valence-corrected chi connectivity index (χ0v) is 16.5. The van der Waals surface area contributed by atoms with E-state index in [0.717, 1.165) is 58.1 Å². The van der Waals surface area contributed by atoms with Gasteiger partial charge in [-0.3, -0.25) is 0 Å². The first-order valence-corrected chi connectivity index (χ1v) is 10.2. The van der Waals surface area contributed by atoms with E-state index in [1.54, 1.807) is 0 Å². The summed E-state index contributed by atoms with van der Waals surface area (Å²) >= 11 is 0. The minimum absolute atomic E-state index is 0.779. The first kappa shape index (κ1) is 17.6. The fourth-order valence-corrected chi connectivity index (χ4v) is 3.78. The second kappa shape index (κ2) is 7.51. The number of H-pyrrole nitrogens is 1. The first-order chi connectivity index (χ1) is 14.3. The molecular weight excluding hydrogens is 358 g/mol. The van der Waals surface area contributed by atoms with E-state index < -0.39 is 0 Å². The summed E-state index contributed by atoms with van der Waals surface area (Å²) in [4.78, 5) is 17.9. The van der Waals surface area contributed by atoms with Gasteiger partial charge in [-0.25, -0.2) is 15.0 Å². The van der Waals surface area contributed by atoms with E-state index in [0.29, 0.717) is 0 Å². The van der Waals surface area contributed by atoms with Gasteiger partial charge in [0.1, 0.15) is 11.4 Å². The predicted molar refractivity (Wildman–Crippen MR) is 118 cm³/mol. The molecule has 0 spiro atoms. The van der Waals surface area contributed by atoms with Crippen LogP contribution in [0, 0.1) is 0 Å². The monoisotopic (exact) mass is 381 g/mol. The molecule has 5 aromatic rings. The standard InChI is InChI=1S/C24H23N5/c1-2-3-8-16-29-22-15-7-6-12-19(22)28-24(29)21-14-9-13-20(25-21)23-26-17-10-4-5-11-18(17)27-23/h4-7,9-15H,2-3,8,16H2,1H3,(H,26,27). The van der Waals surface area contributed by atoms with Gasteiger partial charge in [0, 0.05) is 6.54 Å². The SMILES string of the molecule is CCCCCn1c(-c2cccc(-c3nc4ccccc4[nH]3)n2)nc2ccccc21. The van der Waals surface area contributed by atoms with E-state index in [1.807, 2.05) is 48.5 Å². The predicted octanol–water partition coefficient (Wildman–Crippen LogP) is 5.83. The van der Waals surface area contributed by atoms with Crippen molar-refractivity contribution in [1.29, 1.82) is 0 Å². The average Bonchev–Trinajstić information content (AvgIpc) is 3.36. The van der Waals surface area contributed by atoms with Crippen LogP contribution in [0.15, 0.2) is 66.7 Å². The van der Waals surface area contributed by atoms with Crippen molar-refractivity contribution in [2.75, 3.05) is 0 Å². The number of imidazole rings is 2. The molecule has 0 aliphatic heterocycles. The van der Waals surface area contributed by atoms with Crippen LogP contribution in [-0.2, 0) is 6.54 Å². The number of rotatable bonds is 6. The Bertz CT molecular complexity index is 1250. The Morgan fingerprint density at radius 3 is 2.41 bits per heavy atom. The van der Waals surface area contributed by atoms with Crippen molar-refractivity contribution >= 4 is 22.1 Å². The molecule has 144 valence electrons. The zero-order chi connectivity index (χ0) is 19.6. The van der Waals surface area contributed by atoms with Crippen molar-refractivity contribution in [1.82, 2.24) is 24.5 Å². The van der Waals surface area contributed by atoms with Crippen molar-refractivity contribution in [3.05, 3.63) is 66.7 Å². The Balaban J connectivity index is 1.60. The summed E-state index contributed by atoms with van der Waals surface area (Å²) in [6.07, 6.45) is 3.53. The van der Waals surface area contributed by atoms with E-state index in [1.165, 1.54) is 12.8 Å². The van der Waals surface area contributed by atoms with E-state index >= 15 is 0 Å². The van der Waals surface area contributed by atoms with Gasteiger partial charge in [-0.15, -0.1) is 0 Å². The number of hydrogen-bond donors (Lipinski definition) is 1. The molecule has 29 heavy (non-hydrogen) atoms. The number of benzene rings is 2. The van der Waals surface area contributed by atoms with Crippen LogP contribution >= 0.6 is 0 Å². The van der Waals surface area contributed by atoms with Gasteiger partial charge in [-0.05, 0) is 42.8 Å². The molecule has 0 radical (unpaired) electrons. The molecule has 5 rings (SSSR count). The highest BCUT2D eigenvalue weighted by Gasteiger charge is 2.15. The Morgan fingerprint density at radius 2 is 1.55 bits per heavy atom. The van der Waals surface area contributed by atoms with Crippen molar-refractivity contribution in [2.45, 2.75) is 32.7 Å². The molecule has 0 atom stereocenters. The summed E-state index contributed by atoms with van der Waals surface area (Å²) in [5.41, 5.74) is 5.83. The third-order valence-electron chi connectivity index (χ3n) is 5.25. The number of aryl methyl sites for hydroxylation is 1. The summed E-state index contributed by atoms with van der Waals surface area (Å²) < 4.78 is 2.30. The third-order valence-corrected chi connectivity index (χ3v) is 5.25. The van der Waals surface area contributed by atoms with E-state index in [-0.39, 0.29) is 0 Å². The molecule has 2 aromatic carbocycles. The lowest BCUT2D eigenvalue weighted by Gasteiger charge is -2.09. The molecule has 0 bridgehead atoms. The first-order valence-electron chi connectivity index (χ1n) is 10.2. The maximum absolute atomic E-state index is 4.92. The zero-order valence-electron chi connectivity index (χ0n) is 16.5. The maximum Gasteiger partial charge on any atom is 0.159 e. The summed E-state index contributed by atoms with van der Waals surface area (Å²) in [5, 5.41) is 0. The number of aromatic amines is 1. The Hall–Kier alpha value is -3.47. The molecule has 0 fully saturated rings. The van der Waals surface area contributed by atoms with Crippen molar-refractivity contribution in [3.8, 4) is 23.0 Å². The van der Waals surface area contributed by atoms with Crippen LogP contribution in [-0.4, -0.2) is 24.5 Å². The number of nitrogens with zero attached hydrogens (tertiary/aromatic N) is 4. The van der Waals surface area contributed by atoms with E-state index in [2.05, 4.69) is 34.7 Å². The smallest absolute Gasteiger partial charge is 0.159 e. The van der Waals surface area contributed by atoms with Crippen LogP contribution in [0.1, 0.15) is 26.2 Å². The molecule has 0 aliphatic rings. The number of pyridine rings is 1. The van der Waals surface area contributed by atoms with Gasteiger partial charge >= 0.3 is 0 Å². The summed E-state index contributed by atoms with van der Waals surface area (Å²) in [6, 6.07) is 22.4. The minimum Gasteiger partial charge on any atom is -0.337 e. The fraction of sp³-hybridized carbons (Fsp3) is 0.208. The Morgan fingerprint density at radius 1 is 0.759 bits per heavy atom. The summed E-state index contributed by atoms with van der Waals surface area (Å²) in [6.45, 7) is 3.17. The van der Waals surface area contributed by atoms with Crippen LogP contribution in [0.3, 0.4) is 0 Å². The van der Waals surface area contributed by atoms with E-state index in [9.17, 15) is 0 Å². The summed E-state index contributed by atoms with van der Waals surface area (Å²) in [5.74, 6) is 1.70. The highest BCUT2D eigenvalue weighted by atomic mass is 15.1. The number of fused-ring (bicyclic) bond motifs is 2. The van der Waals surface area contributed by atoms with Crippen molar-refractivity contribution < 1.29 is 0 Å². The number of nitrogens with one attached hydrogen (secondary N) is 1. The summed E-state index contributed by atoms with van der Waals surface area (Å²) in [7, 11) is 0. The number of para-hydroxylation sites is 4. The van der Waals surface area contributed by atoms with Crippen LogP contribution in [0.5, 0.6) is 0 Å². The molecule has 3 aromatic heterocycles. The topological polar surface area (TPSA) is 59.4 Å². The highest BCUT2D eigenvalue weighted by Crippen LogP contribution is 2.26. The van der Waals surface area contributed by atoms with Crippen LogP contribution in [0.4, 0.5) is 0 Å². The van der Waals surface area contributed by atoms with Gasteiger partial charge in [-0.1, -0.05) is 50.1 Å². The van der Waals surface area contributed by atoms with Gasteiger partial charge in [0.25, 0.3) is 0 Å². The molecule has 0 unspecified atom stereocenters. The van der Waals surface area contributed by atoms with Crippen molar-refractivity contribution in [3.63, 3.8) is 0 Å². The molecule has 0 aliphatic carbocycles. The number of hydrogen-bond acceptors (Lipinski definition) is 3. The lowest BCUT2D eigenvalue weighted by Crippen LogP contribution is -2.02. The molecule has 3 heterocycles. The molecule has 5 nitrogen and oxygen atoms in total. The molecule has 0 amide bonds. The Kier molecular flexibility index (Phi) is 4.56. The maximum atomic E-state index is 4.92. The molecule has 1 N–H and O–H groups in total. The third kappa shape index (κ3) is 3.29. The van der Waals surface area contributed by atoms with Gasteiger partial charge < -0.3 is 9.55 Å². The lowest BCUT2D eigenvalue weighted by molar-refractivity contribution is 0.616.